The molecule has 23 heavy (non-hydrogen) atoms. The highest BCUT2D eigenvalue weighted by atomic mass is 35.5. The van der Waals surface area contributed by atoms with Gasteiger partial charge < -0.3 is 15.2 Å². The van der Waals surface area contributed by atoms with Crippen LogP contribution in [-0.2, 0) is 0 Å². The standard InChI is InChI=1S/C15H19ClN4O2S/c1-4-21-12-5-10(11(16)6-13(12)22-9(2)3)7-18-20-15-19-14(17)8-23-15/h5-9H,4,17H2,1-3H3,(H,19,20). The van der Waals surface area contributed by atoms with E-state index in [1.165, 1.54) is 11.3 Å². The molecule has 2 rings (SSSR count). The van der Waals surface area contributed by atoms with Gasteiger partial charge in [-0.1, -0.05) is 11.6 Å². The molecule has 8 heteroatoms. The molecule has 1 aromatic heterocycles. The zero-order valence-electron chi connectivity index (χ0n) is 13.2. The first kappa shape index (κ1) is 17.4. The van der Waals surface area contributed by atoms with Crippen LogP contribution in [0.2, 0.25) is 5.02 Å². The van der Waals surface area contributed by atoms with E-state index in [2.05, 4.69) is 15.5 Å². The highest BCUT2D eigenvalue weighted by Gasteiger charge is 2.11. The largest absolute Gasteiger partial charge is 0.490 e. The minimum Gasteiger partial charge on any atom is -0.490 e. The summed E-state index contributed by atoms with van der Waals surface area (Å²) in [6, 6.07) is 3.53. The predicted octanol–water partition coefficient (Wildman–Crippen LogP) is 4.01. The number of benzene rings is 1. The monoisotopic (exact) mass is 354 g/mol. The molecule has 0 unspecified atom stereocenters. The number of hydrogen-bond acceptors (Lipinski definition) is 7. The molecule has 3 N–H and O–H groups in total. The minimum absolute atomic E-state index is 0.0295. The Kier molecular flexibility index (Phi) is 6.06. The summed E-state index contributed by atoms with van der Waals surface area (Å²) in [4.78, 5) is 4.05. The van der Waals surface area contributed by atoms with Gasteiger partial charge >= 0.3 is 0 Å². The van der Waals surface area contributed by atoms with E-state index in [1.54, 1.807) is 23.7 Å². The van der Waals surface area contributed by atoms with Gasteiger partial charge in [-0.15, -0.1) is 11.3 Å². The summed E-state index contributed by atoms with van der Waals surface area (Å²) in [5.74, 6) is 1.70. The number of anilines is 2. The van der Waals surface area contributed by atoms with E-state index in [-0.39, 0.29) is 6.10 Å². The van der Waals surface area contributed by atoms with Crippen molar-refractivity contribution >= 4 is 40.1 Å². The second kappa shape index (κ2) is 8.03. The summed E-state index contributed by atoms with van der Waals surface area (Å²) < 4.78 is 11.3. The number of hydrogen-bond donors (Lipinski definition) is 2. The van der Waals surface area contributed by atoms with E-state index in [1.807, 2.05) is 20.8 Å². The maximum atomic E-state index is 6.28. The highest BCUT2D eigenvalue weighted by Crippen LogP contribution is 2.33. The van der Waals surface area contributed by atoms with Crippen molar-refractivity contribution in [3.05, 3.63) is 28.1 Å². The fourth-order valence-electron chi connectivity index (χ4n) is 1.76. The third-order valence-electron chi connectivity index (χ3n) is 2.61. The molecule has 0 aliphatic carbocycles. The third kappa shape index (κ3) is 5.01. The molecule has 0 aliphatic rings. The number of nitrogens with two attached hydrogens (primary N) is 1. The van der Waals surface area contributed by atoms with Gasteiger partial charge in [0.05, 0.1) is 23.9 Å². The maximum Gasteiger partial charge on any atom is 0.205 e. The van der Waals surface area contributed by atoms with Gasteiger partial charge in [-0.05, 0) is 26.8 Å². The van der Waals surface area contributed by atoms with Crippen molar-refractivity contribution in [2.75, 3.05) is 17.8 Å². The van der Waals surface area contributed by atoms with E-state index in [0.29, 0.717) is 39.6 Å². The number of aromatic nitrogens is 1. The Morgan fingerprint density at radius 2 is 2.22 bits per heavy atom. The van der Waals surface area contributed by atoms with Crippen LogP contribution >= 0.6 is 22.9 Å². The average Bonchev–Trinajstić information content (AvgIpc) is 2.88. The Bertz CT molecular complexity index is 688. The number of rotatable bonds is 7. The van der Waals surface area contributed by atoms with Gasteiger partial charge in [0.15, 0.2) is 11.5 Å². The molecule has 0 saturated heterocycles. The summed E-state index contributed by atoms with van der Waals surface area (Å²) in [5.41, 5.74) is 9.07. The zero-order valence-corrected chi connectivity index (χ0v) is 14.7. The summed E-state index contributed by atoms with van der Waals surface area (Å²) >= 11 is 7.65. The topological polar surface area (TPSA) is 81.8 Å². The van der Waals surface area contributed by atoms with Gasteiger partial charge in [-0.25, -0.2) is 4.98 Å². The molecule has 1 heterocycles. The fraction of sp³-hybridized carbons (Fsp3) is 0.333. The maximum absolute atomic E-state index is 6.28. The summed E-state index contributed by atoms with van der Waals surface area (Å²) in [6.07, 6.45) is 1.63. The third-order valence-corrected chi connectivity index (χ3v) is 3.70. The Hall–Kier alpha value is -1.99. The van der Waals surface area contributed by atoms with Gasteiger partial charge in [0.25, 0.3) is 0 Å². The first-order chi connectivity index (χ1) is 11.0. The highest BCUT2D eigenvalue weighted by molar-refractivity contribution is 7.14. The van der Waals surface area contributed by atoms with Crippen LogP contribution in [0, 0.1) is 0 Å². The molecule has 1 aromatic carbocycles. The number of hydrazone groups is 1. The lowest BCUT2D eigenvalue weighted by Gasteiger charge is -2.15. The molecular weight excluding hydrogens is 336 g/mol. The first-order valence-electron chi connectivity index (χ1n) is 7.12. The SMILES string of the molecule is CCOc1cc(C=NNc2nc(N)cs2)c(Cl)cc1OC(C)C. The van der Waals surface area contributed by atoms with Gasteiger partial charge in [0, 0.05) is 17.0 Å². The molecule has 0 fully saturated rings. The lowest BCUT2D eigenvalue weighted by atomic mass is 10.2. The molecule has 0 amide bonds. The molecule has 0 atom stereocenters. The lowest BCUT2D eigenvalue weighted by Crippen LogP contribution is -2.08. The fourth-order valence-corrected chi connectivity index (χ4v) is 2.51. The van der Waals surface area contributed by atoms with Crippen LogP contribution in [0.15, 0.2) is 22.6 Å². The Morgan fingerprint density at radius 3 is 2.83 bits per heavy atom. The van der Waals surface area contributed by atoms with Gasteiger partial charge in [0.2, 0.25) is 5.13 Å². The molecule has 2 aromatic rings. The summed E-state index contributed by atoms with van der Waals surface area (Å²) in [6.45, 7) is 6.34. The number of halogens is 1. The smallest absolute Gasteiger partial charge is 0.205 e. The van der Waals surface area contributed by atoms with Gasteiger partial charge in [-0.3, -0.25) is 5.43 Å². The second-order valence-electron chi connectivity index (χ2n) is 4.87. The minimum atomic E-state index is 0.0295. The van der Waals surface area contributed by atoms with Crippen molar-refractivity contribution in [3.8, 4) is 11.5 Å². The lowest BCUT2D eigenvalue weighted by molar-refractivity contribution is 0.224. The van der Waals surface area contributed by atoms with Crippen LogP contribution < -0.4 is 20.6 Å². The molecular formula is C15H19ClN4O2S. The van der Waals surface area contributed by atoms with Crippen molar-refractivity contribution in [2.24, 2.45) is 5.10 Å². The normalized spacial score (nSPS) is 11.2. The molecule has 0 aliphatic heterocycles. The van der Waals surface area contributed by atoms with E-state index in [9.17, 15) is 0 Å². The number of thiazole rings is 1. The molecule has 0 radical (unpaired) electrons. The number of nitrogen functional groups attached to an aromatic ring is 1. The molecule has 0 bridgehead atoms. The van der Waals surface area contributed by atoms with Crippen LogP contribution in [0.3, 0.4) is 0 Å². The Morgan fingerprint density at radius 1 is 1.43 bits per heavy atom. The summed E-state index contributed by atoms with van der Waals surface area (Å²) in [5, 5.41) is 6.98. The van der Waals surface area contributed by atoms with Crippen molar-refractivity contribution in [1.29, 1.82) is 0 Å². The predicted molar refractivity (Wildman–Crippen MR) is 96.1 cm³/mol. The van der Waals surface area contributed by atoms with Gasteiger partial charge in [0.1, 0.15) is 5.82 Å². The zero-order chi connectivity index (χ0) is 16.8. The van der Waals surface area contributed by atoms with Crippen LogP contribution in [0.4, 0.5) is 10.9 Å². The number of ether oxygens (including phenoxy) is 2. The van der Waals surface area contributed by atoms with Crippen LogP contribution in [0.25, 0.3) is 0 Å². The average molecular weight is 355 g/mol. The first-order valence-corrected chi connectivity index (χ1v) is 8.38. The van der Waals surface area contributed by atoms with Crippen LogP contribution in [-0.4, -0.2) is 23.9 Å². The molecule has 124 valence electrons. The van der Waals surface area contributed by atoms with E-state index in [0.717, 1.165) is 0 Å². The Balaban J connectivity index is 2.18. The molecule has 0 spiro atoms. The molecule has 0 saturated carbocycles. The van der Waals surface area contributed by atoms with Gasteiger partial charge in [-0.2, -0.15) is 5.10 Å². The van der Waals surface area contributed by atoms with E-state index >= 15 is 0 Å². The van der Waals surface area contributed by atoms with E-state index < -0.39 is 0 Å². The molecule has 6 nitrogen and oxygen atoms in total. The van der Waals surface area contributed by atoms with Crippen molar-refractivity contribution in [3.63, 3.8) is 0 Å². The van der Waals surface area contributed by atoms with Crippen molar-refractivity contribution < 1.29 is 9.47 Å². The second-order valence-corrected chi connectivity index (χ2v) is 6.13. The Labute approximate surface area is 144 Å². The van der Waals surface area contributed by atoms with Crippen LogP contribution in [0.5, 0.6) is 11.5 Å². The number of nitrogens with zero attached hydrogens (tertiary/aromatic N) is 2. The van der Waals surface area contributed by atoms with Crippen molar-refractivity contribution in [2.45, 2.75) is 26.9 Å². The number of nitrogens with one attached hydrogen (secondary N) is 1. The van der Waals surface area contributed by atoms with Crippen molar-refractivity contribution in [1.82, 2.24) is 4.98 Å². The summed E-state index contributed by atoms with van der Waals surface area (Å²) in [7, 11) is 0. The van der Waals surface area contributed by atoms with E-state index in [4.69, 9.17) is 26.8 Å². The quantitative estimate of drug-likeness (QED) is 0.580. The van der Waals surface area contributed by atoms with Crippen LogP contribution in [0.1, 0.15) is 26.3 Å².